The molecule has 0 saturated carbocycles. The second-order valence-corrected chi connectivity index (χ2v) is 10.8. The molecule has 1 amide bonds. The summed E-state index contributed by atoms with van der Waals surface area (Å²) in [5.41, 5.74) is 1.77. The Balaban J connectivity index is 2.03. The highest BCUT2D eigenvalue weighted by Gasteiger charge is 2.17. The summed E-state index contributed by atoms with van der Waals surface area (Å²) in [6.45, 7) is 7.40. The van der Waals surface area contributed by atoms with Gasteiger partial charge in [0.15, 0.2) is 9.84 Å². The number of sulfone groups is 1. The largest absolute Gasteiger partial charge is 0.458 e. The van der Waals surface area contributed by atoms with E-state index in [0.29, 0.717) is 17.8 Å². The fourth-order valence-electron chi connectivity index (χ4n) is 2.95. The van der Waals surface area contributed by atoms with E-state index in [2.05, 4.69) is 10.6 Å². The van der Waals surface area contributed by atoms with Crippen LogP contribution in [0.3, 0.4) is 0 Å². The third kappa shape index (κ3) is 9.66. The molecule has 0 atom stereocenters. The van der Waals surface area contributed by atoms with Crippen LogP contribution in [0.5, 0.6) is 0 Å². The van der Waals surface area contributed by atoms with Crippen molar-refractivity contribution in [3.8, 4) is 0 Å². The molecule has 0 aliphatic rings. The molecule has 2 N–H and O–H groups in total. The second kappa shape index (κ2) is 11.7. The number of hydrogen-bond acceptors (Lipinski definition) is 7. The number of nitrogens with one attached hydrogen (secondary N) is 2. The number of benzene rings is 2. The molecule has 2 rings (SSSR count). The first-order valence-electron chi connectivity index (χ1n) is 10.8. The number of esters is 1. The summed E-state index contributed by atoms with van der Waals surface area (Å²) in [7, 11) is -3.56. The van der Waals surface area contributed by atoms with Crippen molar-refractivity contribution in [3.63, 3.8) is 0 Å². The molecule has 8 nitrogen and oxygen atoms in total. The van der Waals surface area contributed by atoms with Crippen molar-refractivity contribution >= 4 is 27.6 Å². The Morgan fingerprint density at radius 3 is 2.32 bits per heavy atom. The molecule has 0 radical (unpaired) electrons. The molecular weight excluding hydrogens is 456 g/mol. The Kier molecular flexibility index (Phi) is 9.26. The third-order valence-electron chi connectivity index (χ3n) is 4.42. The lowest BCUT2D eigenvalue weighted by atomic mass is 10.1. The fourth-order valence-corrected chi connectivity index (χ4v) is 3.84. The molecule has 2 aromatic carbocycles. The fraction of sp³-hybridized carbons (Fsp3) is 0.360. The van der Waals surface area contributed by atoms with Crippen molar-refractivity contribution in [1.82, 2.24) is 5.32 Å². The number of carbonyl (C=O) groups excluding carboxylic acids is 2. The van der Waals surface area contributed by atoms with Gasteiger partial charge < -0.3 is 20.1 Å². The average molecular weight is 489 g/mol. The first-order chi connectivity index (χ1) is 15.8. The highest BCUT2D eigenvalue weighted by Crippen LogP contribution is 2.24. The quantitative estimate of drug-likeness (QED) is 0.402. The number of hydrogen-bond donors (Lipinski definition) is 2. The summed E-state index contributed by atoms with van der Waals surface area (Å²) in [4.78, 5) is 24.0. The Morgan fingerprint density at radius 2 is 1.71 bits per heavy atom. The average Bonchev–Trinajstić information content (AvgIpc) is 2.72. The first kappa shape index (κ1) is 26.9. The molecule has 0 aliphatic heterocycles. The highest BCUT2D eigenvalue weighted by atomic mass is 32.2. The van der Waals surface area contributed by atoms with Crippen LogP contribution in [-0.2, 0) is 37.1 Å². The van der Waals surface area contributed by atoms with Gasteiger partial charge in [-0.15, -0.1) is 0 Å². The van der Waals surface area contributed by atoms with Crippen molar-refractivity contribution in [2.24, 2.45) is 0 Å². The van der Waals surface area contributed by atoms with Crippen LogP contribution < -0.4 is 10.6 Å². The lowest BCUT2D eigenvalue weighted by molar-refractivity contribution is -0.139. The monoisotopic (exact) mass is 488 g/mol. The summed E-state index contributed by atoms with van der Waals surface area (Å²) in [6, 6.07) is 14.2. The van der Waals surface area contributed by atoms with Crippen LogP contribution in [0, 0.1) is 0 Å². The lowest BCUT2D eigenvalue weighted by Gasteiger charge is -2.19. The lowest BCUT2D eigenvalue weighted by Crippen LogP contribution is -2.33. The van der Waals surface area contributed by atoms with E-state index >= 15 is 0 Å². The molecule has 0 bridgehead atoms. The smallest absolute Gasteiger partial charge is 0.407 e. The summed E-state index contributed by atoms with van der Waals surface area (Å²) in [5, 5.41) is 5.62. The molecule has 0 unspecified atom stereocenters. The Hall–Kier alpha value is -3.33. The zero-order chi connectivity index (χ0) is 25.4. The molecule has 0 spiro atoms. The van der Waals surface area contributed by atoms with Crippen molar-refractivity contribution < 1.29 is 27.5 Å². The predicted molar refractivity (Wildman–Crippen MR) is 131 cm³/mol. The van der Waals surface area contributed by atoms with Gasteiger partial charge in [-0.25, -0.2) is 18.0 Å². The van der Waals surface area contributed by atoms with E-state index in [1.54, 1.807) is 45.9 Å². The number of carbonyl (C=O) groups is 2. The minimum absolute atomic E-state index is 0.0904. The van der Waals surface area contributed by atoms with E-state index in [1.807, 2.05) is 30.3 Å². The Bertz CT molecular complexity index is 1140. The van der Waals surface area contributed by atoms with Crippen molar-refractivity contribution in [2.45, 2.75) is 51.2 Å². The molecule has 0 aromatic heterocycles. The van der Waals surface area contributed by atoms with Gasteiger partial charge in [0.2, 0.25) is 0 Å². The molecular formula is C25H32N2O6S. The van der Waals surface area contributed by atoms with Crippen LogP contribution in [0.4, 0.5) is 10.5 Å². The van der Waals surface area contributed by atoms with Gasteiger partial charge in [-0.1, -0.05) is 36.4 Å². The van der Waals surface area contributed by atoms with E-state index in [-0.39, 0.29) is 18.0 Å². The van der Waals surface area contributed by atoms with E-state index < -0.39 is 27.5 Å². The van der Waals surface area contributed by atoms with Gasteiger partial charge in [-0.2, -0.15) is 0 Å². The second-order valence-electron chi connectivity index (χ2n) is 8.83. The summed E-state index contributed by atoms with van der Waals surface area (Å²) >= 11 is 0. The predicted octanol–water partition coefficient (Wildman–Crippen LogP) is 4.22. The maximum atomic E-state index is 12.4. The number of amides is 1. The third-order valence-corrected chi connectivity index (χ3v) is 5.55. The van der Waals surface area contributed by atoms with Gasteiger partial charge in [-0.05, 0) is 57.4 Å². The Labute approximate surface area is 201 Å². The minimum atomic E-state index is -3.56. The van der Waals surface area contributed by atoms with Crippen LogP contribution in [-0.4, -0.2) is 38.9 Å². The molecule has 0 saturated heterocycles. The molecule has 0 fully saturated rings. The number of ether oxygens (including phenoxy) is 2. The normalized spacial score (nSPS) is 12.1. The maximum Gasteiger partial charge on any atom is 0.407 e. The van der Waals surface area contributed by atoms with Gasteiger partial charge in [0.1, 0.15) is 12.2 Å². The molecule has 2 aromatic rings. The number of rotatable bonds is 9. The van der Waals surface area contributed by atoms with Gasteiger partial charge in [0.05, 0.1) is 10.6 Å². The van der Waals surface area contributed by atoms with Crippen molar-refractivity contribution in [3.05, 3.63) is 71.4 Å². The van der Waals surface area contributed by atoms with Crippen molar-refractivity contribution in [1.29, 1.82) is 0 Å². The van der Waals surface area contributed by atoms with Gasteiger partial charge in [0.25, 0.3) is 0 Å². The van der Waals surface area contributed by atoms with Crippen molar-refractivity contribution in [2.75, 3.05) is 18.1 Å². The molecule has 0 heterocycles. The highest BCUT2D eigenvalue weighted by molar-refractivity contribution is 7.90. The number of alkyl carbamates (subject to hydrolysis) is 1. The summed E-state index contributed by atoms with van der Waals surface area (Å²) in [5.74, 6) is -0.542. The summed E-state index contributed by atoms with van der Waals surface area (Å²) < 4.78 is 35.2. The van der Waals surface area contributed by atoms with Crippen LogP contribution in [0.25, 0.3) is 0 Å². The van der Waals surface area contributed by atoms with Crippen LogP contribution >= 0.6 is 0 Å². The van der Waals surface area contributed by atoms with E-state index in [9.17, 15) is 18.0 Å². The maximum absolute atomic E-state index is 12.4. The minimum Gasteiger partial charge on any atom is -0.458 e. The van der Waals surface area contributed by atoms with Crippen LogP contribution in [0.1, 0.15) is 38.8 Å². The van der Waals surface area contributed by atoms with E-state index in [4.69, 9.17) is 9.47 Å². The SMILES string of the molecule is C/C(=C\C(=O)OCc1ccccc1)Nc1ccc(CCNC(=O)OC(C)(C)C)cc1S(C)(=O)=O. The standard InChI is InChI=1S/C25H32N2O6S/c1-18(15-23(28)32-17-20-9-7-6-8-10-20)27-21-12-11-19(16-22(21)34(5,30)31)13-14-26-24(29)33-25(2,3)4/h6-12,15-16,27H,13-14,17H2,1-5H3,(H,26,29)/b18-15+. The summed E-state index contributed by atoms with van der Waals surface area (Å²) in [6.07, 6.45) is 2.27. The zero-order valence-corrected chi connectivity index (χ0v) is 21.0. The Morgan fingerprint density at radius 1 is 1.03 bits per heavy atom. The van der Waals surface area contributed by atoms with Crippen LogP contribution in [0.2, 0.25) is 0 Å². The number of allylic oxidation sites excluding steroid dienone is 1. The van der Waals surface area contributed by atoms with E-state index in [0.717, 1.165) is 17.4 Å². The topological polar surface area (TPSA) is 111 Å². The van der Waals surface area contributed by atoms with E-state index in [1.165, 1.54) is 6.08 Å². The molecule has 184 valence electrons. The molecule has 34 heavy (non-hydrogen) atoms. The molecule has 9 heteroatoms. The zero-order valence-electron chi connectivity index (χ0n) is 20.2. The van der Waals surface area contributed by atoms with Gasteiger partial charge >= 0.3 is 12.1 Å². The van der Waals surface area contributed by atoms with Crippen LogP contribution in [0.15, 0.2) is 65.2 Å². The molecule has 0 aliphatic carbocycles. The van der Waals surface area contributed by atoms with Gasteiger partial charge in [-0.3, -0.25) is 0 Å². The number of anilines is 1. The first-order valence-corrected chi connectivity index (χ1v) is 12.7. The van der Waals surface area contributed by atoms with Gasteiger partial charge in [0, 0.05) is 24.6 Å².